The number of hydrogen-bond acceptors (Lipinski definition) is 8. The summed E-state index contributed by atoms with van der Waals surface area (Å²) in [6, 6.07) is 0. The first-order chi connectivity index (χ1) is 43.0. The Bertz CT molecular complexity index is 1950. The van der Waals surface area contributed by atoms with Crippen LogP contribution in [-0.4, -0.2) is 70.0 Å². The number of nitrogens with zero attached hydrogens (tertiary/aromatic N) is 1. The van der Waals surface area contributed by atoms with Crippen molar-refractivity contribution in [2.24, 2.45) is 0 Å². The molecule has 0 radical (unpaired) electrons. The Hall–Kier alpha value is -3.85. The molecule has 2 atom stereocenters. The number of rotatable bonds is 65. The van der Waals surface area contributed by atoms with Gasteiger partial charge in [-0.1, -0.05) is 302 Å². The van der Waals surface area contributed by atoms with E-state index in [1.807, 2.05) is 21.1 Å². The average molecular weight is 1240 g/mol. The van der Waals surface area contributed by atoms with Crippen LogP contribution in [-0.2, 0) is 32.7 Å². The molecule has 0 amide bonds. The van der Waals surface area contributed by atoms with Gasteiger partial charge in [-0.15, -0.1) is 0 Å². The van der Waals surface area contributed by atoms with Crippen molar-refractivity contribution in [2.45, 2.75) is 302 Å². The molecule has 0 heterocycles. The fourth-order valence-electron chi connectivity index (χ4n) is 9.68. The monoisotopic (exact) mass is 1240 g/mol. The molecule has 0 aromatic rings. The van der Waals surface area contributed by atoms with Crippen LogP contribution in [0.1, 0.15) is 296 Å². The molecule has 0 aliphatic heterocycles. The number of allylic oxidation sites excluding steroid dienone is 22. The van der Waals surface area contributed by atoms with Gasteiger partial charge in [0.05, 0.1) is 27.7 Å². The van der Waals surface area contributed by atoms with E-state index < -0.39 is 26.5 Å². The summed E-state index contributed by atoms with van der Waals surface area (Å²) in [6.45, 7) is 4.12. The molecule has 0 aliphatic rings. The number of quaternary nitrogens is 1. The van der Waals surface area contributed by atoms with E-state index in [9.17, 15) is 19.0 Å². The van der Waals surface area contributed by atoms with Crippen LogP contribution < -0.4 is 4.89 Å². The highest BCUT2D eigenvalue weighted by Gasteiger charge is 2.22. The molecular weight excluding hydrogens is 1110 g/mol. The Balaban J connectivity index is 4.10. The quantitative estimate of drug-likeness (QED) is 0.0195. The van der Waals surface area contributed by atoms with Crippen molar-refractivity contribution in [3.8, 4) is 0 Å². The van der Waals surface area contributed by atoms with Crippen LogP contribution in [0.2, 0.25) is 0 Å². The maximum atomic E-state index is 12.9. The van der Waals surface area contributed by atoms with Crippen LogP contribution in [0, 0.1) is 0 Å². The summed E-state index contributed by atoms with van der Waals surface area (Å²) >= 11 is 0. The number of likely N-dealkylation sites (N-methyl/N-ethyl adjacent to an activating group) is 1. The molecule has 0 saturated carbocycles. The van der Waals surface area contributed by atoms with Gasteiger partial charge in [0.2, 0.25) is 0 Å². The fourth-order valence-corrected chi connectivity index (χ4v) is 10.4. The number of unbranched alkanes of at least 4 members (excludes halogenated alkanes) is 29. The van der Waals surface area contributed by atoms with Crippen LogP contribution in [0.15, 0.2) is 134 Å². The van der Waals surface area contributed by atoms with Gasteiger partial charge in [-0.3, -0.25) is 14.2 Å². The van der Waals surface area contributed by atoms with E-state index in [0.29, 0.717) is 17.4 Å². The van der Waals surface area contributed by atoms with E-state index >= 15 is 0 Å². The largest absolute Gasteiger partial charge is 0.756 e. The summed E-state index contributed by atoms with van der Waals surface area (Å²) in [6.07, 6.45) is 98.1. The average Bonchev–Trinajstić information content (AvgIpc) is 3.56. The maximum Gasteiger partial charge on any atom is 0.306 e. The van der Waals surface area contributed by atoms with E-state index in [4.69, 9.17) is 18.5 Å². The standard InChI is InChI=1S/C78H134NO8P/c1-6-8-10-12-14-16-18-20-22-24-26-28-30-32-34-36-38-39-41-43-45-47-49-51-53-55-57-59-61-63-65-67-69-71-78(81)87-76(75-86-88(82,83)85-73-72-79(3,4)5)74-84-77(80)70-68-66-64-62-60-58-56-54-52-50-48-46-44-42-40-37-35-33-31-29-27-25-23-21-19-17-15-13-11-9-7-2/h8,10,14,16,19-22,25-28,31-34,38-39,43,45,49,51,76H,6-7,9,11-13,15,17-18,23-24,29-30,35-37,40-42,44,46-48,50,52-75H2,1-5H3/b10-8-,16-14-,21-19-,22-20-,27-25-,28-26-,33-31-,34-32-,39-38-,45-43-,51-49-. The van der Waals surface area contributed by atoms with E-state index in [2.05, 4.69) is 148 Å². The molecule has 0 aliphatic carbocycles. The SMILES string of the molecule is CC/C=C\C/C=C\C/C=C\C/C=C\C/C=C\C/C=C\C/C=C\C/C=C\CCCCCCCCCCC(=O)OC(COC(=O)CCCCCCCCCCCCCCCCCC/C=C\C/C=C\C/C=C\CCCCCCC)COP(=O)([O-])OCC[N+](C)(C)C. The number of phosphoric acid groups is 1. The minimum absolute atomic E-state index is 0.0383. The zero-order valence-electron chi connectivity index (χ0n) is 57.4. The molecule has 504 valence electrons. The maximum absolute atomic E-state index is 12.9. The second kappa shape index (κ2) is 67.5. The minimum atomic E-state index is -4.65. The second-order valence-corrected chi connectivity index (χ2v) is 26.3. The highest BCUT2D eigenvalue weighted by atomic mass is 31.2. The van der Waals surface area contributed by atoms with Gasteiger partial charge in [-0.25, -0.2) is 0 Å². The zero-order chi connectivity index (χ0) is 64.1. The van der Waals surface area contributed by atoms with Gasteiger partial charge in [-0.2, -0.15) is 0 Å². The van der Waals surface area contributed by atoms with E-state index in [1.165, 1.54) is 154 Å². The summed E-state index contributed by atoms with van der Waals surface area (Å²) in [4.78, 5) is 38.1. The third kappa shape index (κ3) is 71.2. The Kier molecular flexibility index (Phi) is 64.6. The van der Waals surface area contributed by atoms with Gasteiger partial charge in [0.1, 0.15) is 19.8 Å². The predicted molar refractivity (Wildman–Crippen MR) is 378 cm³/mol. The molecule has 0 aromatic heterocycles. The summed E-state index contributed by atoms with van der Waals surface area (Å²) < 4.78 is 34.3. The lowest BCUT2D eigenvalue weighted by Gasteiger charge is -2.28. The number of phosphoric ester groups is 1. The van der Waals surface area contributed by atoms with Gasteiger partial charge < -0.3 is 27.9 Å². The lowest BCUT2D eigenvalue weighted by atomic mass is 10.0. The lowest BCUT2D eigenvalue weighted by Crippen LogP contribution is -2.37. The topological polar surface area (TPSA) is 111 Å². The van der Waals surface area contributed by atoms with Gasteiger partial charge in [0, 0.05) is 12.8 Å². The molecule has 0 saturated heterocycles. The first-order valence-corrected chi connectivity index (χ1v) is 37.4. The van der Waals surface area contributed by atoms with Crippen molar-refractivity contribution < 1.29 is 42.1 Å². The molecule has 0 bridgehead atoms. The highest BCUT2D eigenvalue weighted by Crippen LogP contribution is 2.38. The highest BCUT2D eigenvalue weighted by molar-refractivity contribution is 7.45. The van der Waals surface area contributed by atoms with E-state index in [1.54, 1.807) is 0 Å². The number of ether oxygens (including phenoxy) is 2. The first-order valence-electron chi connectivity index (χ1n) is 35.9. The van der Waals surface area contributed by atoms with Crippen molar-refractivity contribution in [1.82, 2.24) is 0 Å². The number of hydrogen-bond donors (Lipinski definition) is 0. The molecule has 9 nitrogen and oxygen atoms in total. The molecule has 0 fully saturated rings. The molecule has 0 spiro atoms. The van der Waals surface area contributed by atoms with E-state index in [0.717, 1.165) is 109 Å². The van der Waals surface area contributed by atoms with Gasteiger partial charge in [0.15, 0.2) is 6.10 Å². The van der Waals surface area contributed by atoms with Crippen molar-refractivity contribution in [1.29, 1.82) is 0 Å². The van der Waals surface area contributed by atoms with Crippen LogP contribution in [0.3, 0.4) is 0 Å². The second-order valence-electron chi connectivity index (χ2n) is 24.9. The molecule has 2 unspecified atom stereocenters. The third-order valence-electron chi connectivity index (χ3n) is 15.2. The van der Waals surface area contributed by atoms with Gasteiger partial charge >= 0.3 is 11.9 Å². The normalized spacial score (nSPS) is 13.9. The van der Waals surface area contributed by atoms with Gasteiger partial charge in [-0.05, 0) is 116 Å². The Morgan fingerprint density at radius 1 is 0.364 bits per heavy atom. The predicted octanol–water partition coefficient (Wildman–Crippen LogP) is 23.0. The minimum Gasteiger partial charge on any atom is -0.756 e. The van der Waals surface area contributed by atoms with Crippen molar-refractivity contribution in [3.63, 3.8) is 0 Å². The number of carbonyl (C=O) groups is 2. The number of carbonyl (C=O) groups excluding carboxylic acids is 2. The van der Waals surface area contributed by atoms with E-state index in [-0.39, 0.29) is 32.0 Å². The summed E-state index contributed by atoms with van der Waals surface area (Å²) in [5.74, 6) is -0.843. The van der Waals surface area contributed by atoms with Crippen molar-refractivity contribution in [2.75, 3.05) is 47.5 Å². The van der Waals surface area contributed by atoms with Crippen LogP contribution in [0.25, 0.3) is 0 Å². The summed E-state index contributed by atoms with van der Waals surface area (Å²) in [5, 5.41) is 0. The molecule has 0 rings (SSSR count). The zero-order valence-corrected chi connectivity index (χ0v) is 58.3. The smallest absolute Gasteiger partial charge is 0.306 e. The molecule has 88 heavy (non-hydrogen) atoms. The third-order valence-corrected chi connectivity index (χ3v) is 16.1. The van der Waals surface area contributed by atoms with Crippen LogP contribution in [0.4, 0.5) is 0 Å². The van der Waals surface area contributed by atoms with Crippen molar-refractivity contribution >= 4 is 19.8 Å². The number of esters is 2. The Labute approximate surface area is 542 Å². The molecule has 0 N–H and O–H groups in total. The molecule has 0 aromatic carbocycles. The van der Waals surface area contributed by atoms with Crippen LogP contribution in [0.5, 0.6) is 0 Å². The Morgan fingerprint density at radius 2 is 0.648 bits per heavy atom. The first kappa shape index (κ1) is 84.2. The van der Waals surface area contributed by atoms with Gasteiger partial charge in [0.25, 0.3) is 7.82 Å². The Morgan fingerprint density at radius 3 is 0.966 bits per heavy atom. The van der Waals surface area contributed by atoms with Crippen molar-refractivity contribution in [3.05, 3.63) is 134 Å². The molecular formula is C78H134NO8P. The summed E-state index contributed by atoms with van der Waals surface area (Å²) in [5.41, 5.74) is 0. The fraction of sp³-hybridized carbons (Fsp3) is 0.692. The summed E-state index contributed by atoms with van der Waals surface area (Å²) in [7, 11) is 1.15. The molecule has 10 heteroatoms. The van der Waals surface area contributed by atoms with Crippen LogP contribution >= 0.6 is 7.82 Å². The lowest BCUT2D eigenvalue weighted by molar-refractivity contribution is -0.870.